The molecule has 0 radical (unpaired) electrons. The number of nitrogens with one attached hydrogen (secondary N) is 1. The van der Waals surface area contributed by atoms with Crippen molar-refractivity contribution in [3.63, 3.8) is 0 Å². The maximum absolute atomic E-state index is 11.2. The number of piperidine rings is 1. The van der Waals surface area contributed by atoms with Gasteiger partial charge >= 0.3 is 0 Å². The monoisotopic (exact) mass is 194 g/mol. The molecule has 2 rings (SSSR count). The van der Waals surface area contributed by atoms with E-state index in [1.165, 1.54) is 0 Å². The summed E-state index contributed by atoms with van der Waals surface area (Å²) in [5, 5.41) is 6.94. The maximum atomic E-state index is 11.2. The number of hydrogen-bond acceptors (Lipinski definition) is 3. The number of carbonyl (C=O) groups is 1. The van der Waals surface area contributed by atoms with Crippen LogP contribution in [0.25, 0.3) is 0 Å². The molecule has 0 aromatic carbocycles. The number of aryl methyl sites for hydroxylation is 1. The number of nitrogens with two attached hydrogens (primary N) is 1. The Morgan fingerprint density at radius 2 is 2.50 bits per heavy atom. The summed E-state index contributed by atoms with van der Waals surface area (Å²) in [4.78, 5) is 11.2. The topological polar surface area (TPSA) is 72.9 Å². The van der Waals surface area contributed by atoms with Gasteiger partial charge in [0.2, 0.25) is 5.91 Å². The molecule has 1 aliphatic heterocycles. The van der Waals surface area contributed by atoms with Gasteiger partial charge in [-0.05, 0) is 6.42 Å². The Morgan fingerprint density at radius 3 is 3.14 bits per heavy atom. The van der Waals surface area contributed by atoms with Gasteiger partial charge in [-0.3, -0.25) is 9.48 Å². The van der Waals surface area contributed by atoms with E-state index in [2.05, 4.69) is 10.4 Å². The second kappa shape index (κ2) is 3.42. The van der Waals surface area contributed by atoms with Gasteiger partial charge in [-0.2, -0.15) is 5.10 Å². The highest BCUT2D eigenvalue weighted by Crippen LogP contribution is 2.21. The minimum absolute atomic E-state index is 0.00287. The van der Waals surface area contributed by atoms with Gasteiger partial charge < -0.3 is 11.1 Å². The van der Waals surface area contributed by atoms with Crippen LogP contribution >= 0.6 is 0 Å². The normalized spacial score (nSPS) is 27.4. The zero-order chi connectivity index (χ0) is 10.1. The predicted molar refractivity (Wildman–Crippen MR) is 51.3 cm³/mol. The molecule has 0 bridgehead atoms. The molecule has 1 amide bonds. The summed E-state index contributed by atoms with van der Waals surface area (Å²) in [5.74, 6) is 0.0700. The molecule has 0 saturated carbocycles. The summed E-state index contributed by atoms with van der Waals surface area (Å²) in [7, 11) is 1.85. The van der Waals surface area contributed by atoms with E-state index < -0.39 is 0 Å². The van der Waals surface area contributed by atoms with Crippen molar-refractivity contribution in [2.24, 2.45) is 12.8 Å². The zero-order valence-corrected chi connectivity index (χ0v) is 8.10. The van der Waals surface area contributed by atoms with Crippen LogP contribution < -0.4 is 11.1 Å². The fourth-order valence-electron chi connectivity index (χ4n) is 1.75. The first-order chi connectivity index (χ1) is 6.66. The number of amides is 1. The lowest BCUT2D eigenvalue weighted by molar-refractivity contribution is -0.123. The number of hydrogen-bond donors (Lipinski definition) is 2. The van der Waals surface area contributed by atoms with Crippen molar-refractivity contribution in [2.45, 2.75) is 24.9 Å². The highest BCUT2D eigenvalue weighted by Gasteiger charge is 2.27. The molecule has 1 aliphatic rings. The van der Waals surface area contributed by atoms with E-state index in [1.54, 1.807) is 10.9 Å². The van der Waals surface area contributed by atoms with E-state index in [0.29, 0.717) is 6.42 Å². The van der Waals surface area contributed by atoms with Crippen molar-refractivity contribution in [3.8, 4) is 0 Å². The third-order valence-electron chi connectivity index (χ3n) is 2.53. The molecule has 2 atom stereocenters. The molecule has 2 heterocycles. The Morgan fingerprint density at radius 1 is 1.71 bits per heavy atom. The summed E-state index contributed by atoms with van der Waals surface area (Å²) in [5.41, 5.74) is 6.91. The van der Waals surface area contributed by atoms with Crippen molar-refractivity contribution in [1.82, 2.24) is 15.1 Å². The molecule has 1 aromatic heterocycles. The average molecular weight is 194 g/mol. The van der Waals surface area contributed by atoms with Gasteiger partial charge in [0.25, 0.3) is 0 Å². The number of nitrogens with zero attached hydrogens (tertiary/aromatic N) is 2. The van der Waals surface area contributed by atoms with Crippen LogP contribution in [0.4, 0.5) is 0 Å². The van der Waals surface area contributed by atoms with Crippen molar-refractivity contribution < 1.29 is 4.79 Å². The number of aromatic nitrogens is 2. The largest absolute Gasteiger partial charge is 0.348 e. The van der Waals surface area contributed by atoms with Crippen LogP contribution in [0.15, 0.2) is 12.4 Å². The molecule has 3 N–H and O–H groups in total. The van der Waals surface area contributed by atoms with Crippen molar-refractivity contribution >= 4 is 5.91 Å². The molecule has 0 spiro atoms. The van der Waals surface area contributed by atoms with Crippen LogP contribution in [0.2, 0.25) is 0 Å². The van der Waals surface area contributed by atoms with Crippen molar-refractivity contribution in [1.29, 1.82) is 0 Å². The van der Waals surface area contributed by atoms with E-state index in [1.807, 2.05) is 13.2 Å². The Bertz CT molecular complexity index is 346. The van der Waals surface area contributed by atoms with Crippen LogP contribution in [-0.4, -0.2) is 21.7 Å². The SMILES string of the molecule is Cn1cc([C@H]2NC(=O)CC[C@H]2N)cn1. The minimum atomic E-state index is -0.0788. The molecule has 76 valence electrons. The molecule has 1 saturated heterocycles. The molecule has 5 heteroatoms. The van der Waals surface area contributed by atoms with E-state index in [9.17, 15) is 4.79 Å². The molecule has 1 aromatic rings. The Labute approximate surface area is 82.3 Å². The predicted octanol–water partition coefficient (Wildman–Crippen LogP) is -0.302. The average Bonchev–Trinajstić information content (AvgIpc) is 2.56. The van der Waals surface area contributed by atoms with E-state index in [4.69, 9.17) is 5.73 Å². The first-order valence-corrected chi connectivity index (χ1v) is 4.70. The van der Waals surface area contributed by atoms with Crippen LogP contribution in [0, 0.1) is 0 Å². The second-order valence-electron chi connectivity index (χ2n) is 3.70. The summed E-state index contributed by atoms with van der Waals surface area (Å²) in [6.45, 7) is 0. The van der Waals surface area contributed by atoms with E-state index in [0.717, 1.165) is 12.0 Å². The zero-order valence-electron chi connectivity index (χ0n) is 8.10. The first kappa shape index (κ1) is 9.21. The molecule has 5 nitrogen and oxygen atoms in total. The van der Waals surface area contributed by atoms with Crippen molar-refractivity contribution in [2.75, 3.05) is 0 Å². The second-order valence-corrected chi connectivity index (χ2v) is 3.70. The van der Waals surface area contributed by atoms with Gasteiger partial charge in [0.05, 0.1) is 12.2 Å². The Kier molecular flexibility index (Phi) is 2.25. The standard InChI is InChI=1S/C9H14N4O/c1-13-5-6(4-11-13)9-7(10)2-3-8(14)12-9/h4-5,7,9H,2-3,10H2,1H3,(H,12,14)/t7-,9-/m1/s1. The van der Waals surface area contributed by atoms with E-state index in [-0.39, 0.29) is 18.0 Å². The number of carbonyl (C=O) groups excluding carboxylic acids is 1. The van der Waals surface area contributed by atoms with Gasteiger partial charge in [-0.1, -0.05) is 0 Å². The van der Waals surface area contributed by atoms with Crippen LogP contribution in [0.1, 0.15) is 24.4 Å². The molecule has 1 fully saturated rings. The molecule has 0 aliphatic carbocycles. The smallest absolute Gasteiger partial charge is 0.220 e. The van der Waals surface area contributed by atoms with E-state index >= 15 is 0 Å². The van der Waals surface area contributed by atoms with Crippen LogP contribution in [0.5, 0.6) is 0 Å². The lowest BCUT2D eigenvalue weighted by Gasteiger charge is -2.28. The first-order valence-electron chi connectivity index (χ1n) is 4.70. The van der Waals surface area contributed by atoms with Gasteiger partial charge in [0.1, 0.15) is 0 Å². The van der Waals surface area contributed by atoms with Gasteiger partial charge in [-0.25, -0.2) is 0 Å². The van der Waals surface area contributed by atoms with Crippen molar-refractivity contribution in [3.05, 3.63) is 18.0 Å². The third kappa shape index (κ3) is 1.63. The summed E-state index contributed by atoms with van der Waals surface area (Å²) >= 11 is 0. The fourth-order valence-corrected chi connectivity index (χ4v) is 1.75. The molecule has 14 heavy (non-hydrogen) atoms. The highest BCUT2D eigenvalue weighted by molar-refractivity contribution is 5.77. The van der Waals surface area contributed by atoms with Gasteiger partial charge in [0.15, 0.2) is 0 Å². The fraction of sp³-hybridized carbons (Fsp3) is 0.556. The summed E-state index contributed by atoms with van der Waals surface area (Å²) in [6, 6.07) is -0.0816. The summed E-state index contributed by atoms with van der Waals surface area (Å²) in [6.07, 6.45) is 4.90. The van der Waals surface area contributed by atoms with Gasteiger partial charge in [0, 0.05) is 31.3 Å². The highest BCUT2D eigenvalue weighted by atomic mass is 16.1. The molecular formula is C9H14N4O. The Hall–Kier alpha value is -1.36. The van der Waals surface area contributed by atoms with Crippen LogP contribution in [0.3, 0.4) is 0 Å². The summed E-state index contributed by atoms with van der Waals surface area (Å²) < 4.78 is 1.71. The number of rotatable bonds is 1. The molecule has 0 unspecified atom stereocenters. The minimum Gasteiger partial charge on any atom is -0.348 e. The maximum Gasteiger partial charge on any atom is 0.220 e. The lowest BCUT2D eigenvalue weighted by atomic mass is 9.95. The Balaban J connectivity index is 2.19. The quantitative estimate of drug-likeness (QED) is 0.644. The lowest BCUT2D eigenvalue weighted by Crippen LogP contribution is -2.45. The molecular weight excluding hydrogens is 180 g/mol. The van der Waals surface area contributed by atoms with Crippen LogP contribution in [-0.2, 0) is 11.8 Å². The van der Waals surface area contributed by atoms with Gasteiger partial charge in [-0.15, -0.1) is 0 Å². The third-order valence-corrected chi connectivity index (χ3v) is 2.53.